The van der Waals surface area contributed by atoms with Crippen molar-refractivity contribution < 1.29 is 4.79 Å². The fraction of sp³-hybridized carbons (Fsp3) is 0.500. The number of thiazole rings is 2. The number of nitrogens with zero attached hydrogens (tertiary/aromatic N) is 3. The average Bonchev–Trinajstić information content (AvgIpc) is 3.25. The molecule has 1 amide bonds. The van der Waals surface area contributed by atoms with E-state index in [2.05, 4.69) is 37.8 Å². The number of hydrogen-bond donors (Lipinski definition) is 3. The summed E-state index contributed by atoms with van der Waals surface area (Å²) in [5.41, 5.74) is 2.45. The van der Waals surface area contributed by atoms with Crippen molar-refractivity contribution in [2.45, 2.75) is 26.7 Å². The minimum Gasteiger partial charge on any atom is -0.356 e. The third-order valence-corrected chi connectivity index (χ3v) is 5.59. The molecule has 0 radical (unpaired) electrons. The maximum Gasteiger partial charge on any atom is 0.263 e. The van der Waals surface area contributed by atoms with Crippen molar-refractivity contribution in [3.63, 3.8) is 0 Å². The van der Waals surface area contributed by atoms with E-state index in [1.165, 1.54) is 16.2 Å². The van der Waals surface area contributed by atoms with Gasteiger partial charge < -0.3 is 16.0 Å². The van der Waals surface area contributed by atoms with Crippen LogP contribution in [0.1, 0.15) is 32.2 Å². The van der Waals surface area contributed by atoms with Crippen LogP contribution in [-0.4, -0.2) is 48.5 Å². The normalized spacial score (nSPS) is 11.4. The molecule has 0 saturated heterocycles. The average molecular weight is 381 g/mol. The van der Waals surface area contributed by atoms with E-state index < -0.39 is 0 Å². The quantitative estimate of drug-likeness (QED) is 0.368. The van der Waals surface area contributed by atoms with Crippen LogP contribution < -0.4 is 16.0 Å². The lowest BCUT2D eigenvalue weighted by Gasteiger charge is -2.11. The first-order valence-electron chi connectivity index (χ1n) is 8.20. The van der Waals surface area contributed by atoms with Gasteiger partial charge in [0.2, 0.25) is 0 Å². The molecule has 0 atom stereocenters. The Morgan fingerprint density at radius 1 is 1.20 bits per heavy atom. The van der Waals surface area contributed by atoms with Gasteiger partial charge in [-0.25, -0.2) is 9.97 Å². The van der Waals surface area contributed by atoms with Gasteiger partial charge in [-0.1, -0.05) is 6.92 Å². The Labute approximate surface area is 156 Å². The highest BCUT2D eigenvalue weighted by Gasteiger charge is 2.10. The SMILES string of the molecule is CCc1cnc(CCNC(=NC)NCCNC(=O)c2scnc2C)s1. The number of aromatic nitrogens is 2. The minimum absolute atomic E-state index is 0.0831. The highest BCUT2D eigenvalue weighted by Crippen LogP contribution is 2.13. The lowest BCUT2D eigenvalue weighted by atomic mass is 10.4. The van der Waals surface area contributed by atoms with Crippen molar-refractivity contribution in [2.24, 2.45) is 4.99 Å². The Hall–Kier alpha value is -2.00. The van der Waals surface area contributed by atoms with E-state index in [-0.39, 0.29) is 5.91 Å². The summed E-state index contributed by atoms with van der Waals surface area (Å²) in [5, 5.41) is 10.4. The van der Waals surface area contributed by atoms with Crippen molar-refractivity contribution >= 4 is 34.5 Å². The summed E-state index contributed by atoms with van der Waals surface area (Å²) in [6, 6.07) is 0. The van der Waals surface area contributed by atoms with Crippen LogP contribution in [0.2, 0.25) is 0 Å². The zero-order valence-electron chi connectivity index (χ0n) is 14.8. The van der Waals surface area contributed by atoms with E-state index >= 15 is 0 Å². The molecule has 7 nitrogen and oxygen atoms in total. The molecule has 2 rings (SSSR count). The number of hydrogen-bond acceptors (Lipinski definition) is 6. The summed E-state index contributed by atoms with van der Waals surface area (Å²) in [4.78, 5) is 26.6. The highest BCUT2D eigenvalue weighted by atomic mass is 32.1. The van der Waals surface area contributed by atoms with Gasteiger partial charge >= 0.3 is 0 Å². The fourth-order valence-electron chi connectivity index (χ4n) is 2.09. The summed E-state index contributed by atoms with van der Waals surface area (Å²) in [5.74, 6) is 0.635. The first kappa shape index (κ1) is 19.3. The molecule has 0 spiro atoms. The molecule has 136 valence electrons. The summed E-state index contributed by atoms with van der Waals surface area (Å²) in [6.07, 6.45) is 3.84. The molecule has 9 heteroatoms. The molecule has 0 saturated carbocycles. The largest absolute Gasteiger partial charge is 0.356 e. The smallest absolute Gasteiger partial charge is 0.263 e. The van der Waals surface area contributed by atoms with E-state index in [9.17, 15) is 4.79 Å². The standard InChI is InChI=1S/C16H24N6OS2/c1-4-12-9-21-13(25-12)5-6-19-16(17-3)20-8-7-18-15(23)14-11(2)22-10-24-14/h9-10H,4-8H2,1-3H3,(H,18,23)(H2,17,19,20). The van der Waals surface area contributed by atoms with Gasteiger partial charge in [-0.15, -0.1) is 22.7 Å². The summed E-state index contributed by atoms with van der Waals surface area (Å²) in [7, 11) is 1.73. The molecule has 2 aromatic heterocycles. The number of guanidine groups is 1. The minimum atomic E-state index is -0.0831. The third-order valence-electron chi connectivity index (χ3n) is 3.46. The molecule has 0 aromatic carbocycles. The van der Waals surface area contributed by atoms with Crippen LogP contribution in [0.15, 0.2) is 16.7 Å². The first-order valence-corrected chi connectivity index (χ1v) is 9.90. The van der Waals surface area contributed by atoms with Gasteiger partial charge in [0, 0.05) is 44.2 Å². The maximum atomic E-state index is 12.0. The van der Waals surface area contributed by atoms with Crippen molar-refractivity contribution in [1.82, 2.24) is 25.9 Å². The predicted molar refractivity (Wildman–Crippen MR) is 104 cm³/mol. The van der Waals surface area contributed by atoms with Gasteiger partial charge in [0.15, 0.2) is 5.96 Å². The van der Waals surface area contributed by atoms with Gasteiger partial charge in [-0.2, -0.15) is 0 Å². The Balaban J connectivity index is 1.63. The number of aryl methyl sites for hydroxylation is 2. The number of amides is 1. The molecular weight excluding hydrogens is 356 g/mol. The van der Waals surface area contributed by atoms with Crippen LogP contribution >= 0.6 is 22.7 Å². The molecule has 0 aliphatic rings. The van der Waals surface area contributed by atoms with Gasteiger partial charge in [-0.3, -0.25) is 9.79 Å². The Kier molecular flexibility index (Phi) is 7.80. The third kappa shape index (κ3) is 6.09. The number of carbonyl (C=O) groups excluding carboxylic acids is 1. The van der Waals surface area contributed by atoms with Crippen LogP contribution in [0.25, 0.3) is 0 Å². The van der Waals surface area contributed by atoms with E-state index in [1.54, 1.807) is 23.9 Å². The van der Waals surface area contributed by atoms with E-state index in [1.807, 2.05) is 13.1 Å². The summed E-state index contributed by atoms with van der Waals surface area (Å²) in [6.45, 7) is 5.85. The molecule has 2 aromatic rings. The monoisotopic (exact) mass is 380 g/mol. The second-order valence-corrected chi connectivity index (χ2v) is 7.33. The Morgan fingerprint density at radius 3 is 2.60 bits per heavy atom. The molecule has 0 unspecified atom stereocenters. The predicted octanol–water partition coefficient (Wildman–Crippen LogP) is 1.61. The molecule has 0 aliphatic carbocycles. The first-order chi connectivity index (χ1) is 12.1. The topological polar surface area (TPSA) is 91.3 Å². The van der Waals surface area contributed by atoms with Crippen molar-refractivity contribution in [3.05, 3.63) is 32.2 Å². The molecule has 0 aliphatic heterocycles. The van der Waals surface area contributed by atoms with Crippen molar-refractivity contribution in [2.75, 3.05) is 26.7 Å². The maximum absolute atomic E-state index is 12.0. The van der Waals surface area contributed by atoms with Crippen molar-refractivity contribution in [1.29, 1.82) is 0 Å². The molecule has 0 fully saturated rings. The van der Waals surface area contributed by atoms with Crippen LogP contribution in [0.4, 0.5) is 0 Å². The zero-order valence-corrected chi connectivity index (χ0v) is 16.4. The lowest BCUT2D eigenvalue weighted by Crippen LogP contribution is -2.42. The molecule has 2 heterocycles. The van der Waals surface area contributed by atoms with Gasteiger partial charge in [-0.05, 0) is 13.3 Å². The number of rotatable bonds is 8. The Morgan fingerprint density at radius 2 is 1.96 bits per heavy atom. The fourth-order valence-corrected chi connectivity index (χ4v) is 3.67. The summed E-state index contributed by atoms with van der Waals surface area (Å²) < 4.78 is 0. The molecule has 3 N–H and O–H groups in total. The van der Waals surface area contributed by atoms with Crippen LogP contribution in [0, 0.1) is 6.92 Å². The van der Waals surface area contributed by atoms with E-state index in [0.717, 1.165) is 36.0 Å². The molecular formula is C16H24N6OS2. The highest BCUT2D eigenvalue weighted by molar-refractivity contribution is 7.12. The number of carbonyl (C=O) groups is 1. The van der Waals surface area contributed by atoms with Crippen LogP contribution in [-0.2, 0) is 12.8 Å². The second kappa shape index (κ2) is 10.1. The summed E-state index contributed by atoms with van der Waals surface area (Å²) >= 11 is 3.11. The molecule has 25 heavy (non-hydrogen) atoms. The lowest BCUT2D eigenvalue weighted by molar-refractivity contribution is 0.0957. The second-order valence-electron chi connectivity index (χ2n) is 5.27. The van der Waals surface area contributed by atoms with Crippen LogP contribution in [0.3, 0.4) is 0 Å². The van der Waals surface area contributed by atoms with Crippen LogP contribution in [0.5, 0.6) is 0 Å². The van der Waals surface area contributed by atoms with E-state index in [0.29, 0.717) is 18.0 Å². The number of aliphatic imine (C=N–C) groups is 1. The van der Waals surface area contributed by atoms with Crippen molar-refractivity contribution in [3.8, 4) is 0 Å². The van der Waals surface area contributed by atoms with Gasteiger partial charge in [0.25, 0.3) is 5.91 Å². The number of nitrogens with one attached hydrogen (secondary N) is 3. The van der Waals surface area contributed by atoms with E-state index in [4.69, 9.17) is 0 Å². The van der Waals surface area contributed by atoms with Gasteiger partial charge in [0.1, 0.15) is 4.88 Å². The zero-order chi connectivity index (χ0) is 18.1. The Bertz CT molecular complexity index is 709. The molecule has 0 bridgehead atoms. The van der Waals surface area contributed by atoms with Gasteiger partial charge in [0.05, 0.1) is 16.2 Å².